The van der Waals surface area contributed by atoms with Crippen molar-refractivity contribution in [2.24, 2.45) is 0 Å². The molecule has 0 radical (unpaired) electrons. The molecule has 0 bridgehead atoms. The van der Waals surface area contributed by atoms with Gasteiger partial charge in [0.05, 0.1) is 6.61 Å². The van der Waals surface area contributed by atoms with Crippen LogP contribution in [-0.2, 0) is 0 Å². The molecule has 1 aromatic rings. The van der Waals surface area contributed by atoms with Gasteiger partial charge in [0.15, 0.2) is 0 Å². The molecule has 1 aromatic carbocycles. The molecule has 0 aromatic heterocycles. The van der Waals surface area contributed by atoms with E-state index in [-0.39, 0.29) is 12.4 Å². The van der Waals surface area contributed by atoms with Gasteiger partial charge in [-0.25, -0.2) is 0 Å². The molecule has 1 N–H and O–H groups in total. The van der Waals surface area contributed by atoms with Crippen LogP contribution in [0.4, 0.5) is 0 Å². The molecule has 3 heteroatoms. The summed E-state index contributed by atoms with van der Waals surface area (Å²) in [6.07, 6.45) is 10.4. The zero-order valence-corrected chi connectivity index (χ0v) is 14.8. The van der Waals surface area contributed by atoms with Crippen molar-refractivity contribution in [1.29, 1.82) is 0 Å². The SMILES string of the molecule is CCCCCCCCOc1ccccc1C1CCNCC1.Cl. The van der Waals surface area contributed by atoms with Crippen LogP contribution in [-0.4, -0.2) is 19.7 Å². The smallest absolute Gasteiger partial charge is 0.122 e. The van der Waals surface area contributed by atoms with E-state index in [4.69, 9.17) is 4.74 Å². The fraction of sp³-hybridized carbons (Fsp3) is 0.684. The maximum Gasteiger partial charge on any atom is 0.122 e. The molecule has 0 aliphatic carbocycles. The highest BCUT2D eigenvalue weighted by atomic mass is 35.5. The quantitative estimate of drug-likeness (QED) is 0.621. The van der Waals surface area contributed by atoms with Crippen LogP contribution in [0.15, 0.2) is 24.3 Å². The molecule has 1 fully saturated rings. The van der Waals surface area contributed by atoms with Gasteiger partial charge in [0.1, 0.15) is 5.75 Å². The Bertz CT molecular complexity index is 391. The molecule has 1 aliphatic heterocycles. The van der Waals surface area contributed by atoms with Crippen molar-refractivity contribution in [2.75, 3.05) is 19.7 Å². The van der Waals surface area contributed by atoms with Crippen LogP contribution in [0.3, 0.4) is 0 Å². The highest BCUT2D eigenvalue weighted by Crippen LogP contribution is 2.32. The minimum Gasteiger partial charge on any atom is -0.493 e. The van der Waals surface area contributed by atoms with Crippen LogP contribution < -0.4 is 10.1 Å². The predicted molar refractivity (Wildman–Crippen MR) is 97.4 cm³/mol. The maximum absolute atomic E-state index is 6.08. The molecule has 1 heterocycles. The van der Waals surface area contributed by atoms with Crippen molar-refractivity contribution in [2.45, 2.75) is 64.2 Å². The van der Waals surface area contributed by atoms with E-state index in [1.165, 1.54) is 56.9 Å². The summed E-state index contributed by atoms with van der Waals surface area (Å²) in [5, 5.41) is 3.44. The van der Waals surface area contributed by atoms with Crippen molar-refractivity contribution < 1.29 is 4.74 Å². The van der Waals surface area contributed by atoms with Gasteiger partial charge in [0.25, 0.3) is 0 Å². The molecule has 2 rings (SSSR count). The summed E-state index contributed by atoms with van der Waals surface area (Å²) in [7, 11) is 0. The van der Waals surface area contributed by atoms with E-state index in [0.29, 0.717) is 5.92 Å². The molecule has 0 spiro atoms. The van der Waals surface area contributed by atoms with Crippen LogP contribution in [0, 0.1) is 0 Å². The largest absolute Gasteiger partial charge is 0.493 e. The average molecular weight is 326 g/mol. The third-order valence-corrected chi connectivity index (χ3v) is 4.45. The van der Waals surface area contributed by atoms with Gasteiger partial charge in [-0.15, -0.1) is 12.4 Å². The number of rotatable bonds is 9. The predicted octanol–water partition coefficient (Wildman–Crippen LogP) is 5.31. The normalized spacial score (nSPS) is 15.3. The van der Waals surface area contributed by atoms with Gasteiger partial charge in [-0.3, -0.25) is 0 Å². The maximum atomic E-state index is 6.08. The average Bonchev–Trinajstić information content (AvgIpc) is 2.55. The van der Waals surface area contributed by atoms with Crippen molar-refractivity contribution in [3.8, 4) is 5.75 Å². The summed E-state index contributed by atoms with van der Waals surface area (Å²) in [5.41, 5.74) is 1.42. The summed E-state index contributed by atoms with van der Waals surface area (Å²) in [4.78, 5) is 0. The molecule has 126 valence electrons. The summed E-state index contributed by atoms with van der Waals surface area (Å²) in [6, 6.07) is 8.65. The molecule has 0 saturated carbocycles. The summed E-state index contributed by atoms with van der Waals surface area (Å²) < 4.78 is 6.08. The molecular formula is C19H32ClNO. The molecule has 0 atom stereocenters. The van der Waals surface area contributed by atoms with Crippen molar-refractivity contribution in [1.82, 2.24) is 5.32 Å². The Labute approximate surface area is 142 Å². The molecule has 0 amide bonds. The summed E-state index contributed by atoms with van der Waals surface area (Å²) in [6.45, 7) is 5.40. The van der Waals surface area contributed by atoms with Crippen LogP contribution in [0.25, 0.3) is 0 Å². The summed E-state index contributed by atoms with van der Waals surface area (Å²) >= 11 is 0. The van der Waals surface area contributed by atoms with Gasteiger partial charge in [0, 0.05) is 0 Å². The Balaban J connectivity index is 0.00000242. The zero-order chi connectivity index (χ0) is 14.8. The lowest BCUT2D eigenvalue weighted by Crippen LogP contribution is -2.26. The van der Waals surface area contributed by atoms with Crippen LogP contribution in [0.5, 0.6) is 5.75 Å². The van der Waals surface area contributed by atoms with Gasteiger partial charge in [-0.1, -0.05) is 57.2 Å². The first-order valence-electron chi connectivity index (χ1n) is 8.84. The standard InChI is InChI=1S/C19H31NO.ClH/c1-2-3-4-5-6-9-16-21-19-11-8-7-10-18(19)17-12-14-20-15-13-17;/h7-8,10-11,17,20H,2-6,9,12-16H2,1H3;1H. The summed E-state index contributed by atoms with van der Waals surface area (Å²) in [5.74, 6) is 1.80. The van der Waals surface area contributed by atoms with E-state index in [1.807, 2.05) is 0 Å². The third-order valence-electron chi connectivity index (χ3n) is 4.45. The molecule has 0 unspecified atom stereocenters. The zero-order valence-electron chi connectivity index (χ0n) is 14.0. The van der Waals surface area contributed by atoms with Crippen LogP contribution >= 0.6 is 12.4 Å². The van der Waals surface area contributed by atoms with E-state index >= 15 is 0 Å². The lowest BCUT2D eigenvalue weighted by Gasteiger charge is -2.25. The number of piperidine rings is 1. The van der Waals surface area contributed by atoms with Gasteiger partial charge >= 0.3 is 0 Å². The minimum absolute atomic E-state index is 0. The monoisotopic (exact) mass is 325 g/mol. The third kappa shape index (κ3) is 6.58. The molecule has 2 nitrogen and oxygen atoms in total. The molecule has 1 aliphatic rings. The minimum atomic E-state index is 0. The lowest BCUT2D eigenvalue weighted by atomic mass is 9.89. The second-order valence-corrected chi connectivity index (χ2v) is 6.18. The number of hydrogen-bond acceptors (Lipinski definition) is 2. The van der Waals surface area contributed by atoms with E-state index < -0.39 is 0 Å². The van der Waals surface area contributed by atoms with Gasteiger partial charge < -0.3 is 10.1 Å². The number of nitrogens with one attached hydrogen (secondary N) is 1. The Morgan fingerprint density at radius 1 is 1.00 bits per heavy atom. The first kappa shape index (κ1) is 19.3. The first-order chi connectivity index (χ1) is 10.4. The van der Waals surface area contributed by atoms with E-state index in [0.717, 1.165) is 25.4 Å². The van der Waals surface area contributed by atoms with Crippen molar-refractivity contribution in [3.63, 3.8) is 0 Å². The Hall–Kier alpha value is -0.730. The molecular weight excluding hydrogens is 294 g/mol. The van der Waals surface area contributed by atoms with Gasteiger partial charge in [-0.05, 0) is 49.9 Å². The number of unbranched alkanes of at least 4 members (excludes halogenated alkanes) is 5. The highest BCUT2D eigenvalue weighted by molar-refractivity contribution is 5.85. The van der Waals surface area contributed by atoms with E-state index in [2.05, 4.69) is 36.5 Å². The van der Waals surface area contributed by atoms with Gasteiger partial charge in [0.2, 0.25) is 0 Å². The van der Waals surface area contributed by atoms with Crippen molar-refractivity contribution >= 4 is 12.4 Å². The van der Waals surface area contributed by atoms with Crippen LogP contribution in [0.2, 0.25) is 0 Å². The molecule has 1 saturated heterocycles. The number of hydrogen-bond donors (Lipinski definition) is 1. The molecule has 22 heavy (non-hydrogen) atoms. The Morgan fingerprint density at radius 2 is 1.68 bits per heavy atom. The number of ether oxygens (including phenoxy) is 1. The first-order valence-corrected chi connectivity index (χ1v) is 8.84. The van der Waals surface area contributed by atoms with E-state index in [9.17, 15) is 0 Å². The topological polar surface area (TPSA) is 21.3 Å². The Kier molecular flexibility index (Phi) is 10.3. The second-order valence-electron chi connectivity index (χ2n) is 6.18. The van der Waals surface area contributed by atoms with Crippen LogP contribution in [0.1, 0.15) is 69.8 Å². The fourth-order valence-electron chi connectivity index (χ4n) is 3.15. The number of benzene rings is 1. The fourth-order valence-corrected chi connectivity index (χ4v) is 3.15. The Morgan fingerprint density at radius 3 is 2.45 bits per heavy atom. The van der Waals surface area contributed by atoms with E-state index in [1.54, 1.807) is 0 Å². The van der Waals surface area contributed by atoms with Gasteiger partial charge in [-0.2, -0.15) is 0 Å². The highest BCUT2D eigenvalue weighted by Gasteiger charge is 2.18. The lowest BCUT2D eigenvalue weighted by molar-refractivity contribution is 0.297. The number of halogens is 1. The second kappa shape index (κ2) is 11.8. The number of para-hydroxylation sites is 1. The van der Waals surface area contributed by atoms with Crippen molar-refractivity contribution in [3.05, 3.63) is 29.8 Å².